The maximum atomic E-state index is 11.6. The molecule has 0 radical (unpaired) electrons. The van der Waals surface area contributed by atoms with E-state index < -0.39 is 0 Å². The fourth-order valence-electron chi connectivity index (χ4n) is 1.94. The molecule has 1 amide bonds. The van der Waals surface area contributed by atoms with Crippen molar-refractivity contribution >= 4 is 5.91 Å². The van der Waals surface area contributed by atoms with Crippen molar-refractivity contribution in [2.45, 2.75) is 64.3 Å². The summed E-state index contributed by atoms with van der Waals surface area (Å²) in [6.07, 6.45) is 2.55. The van der Waals surface area contributed by atoms with Gasteiger partial charge in [0.15, 0.2) is 0 Å². The number of hydrogen-bond donors (Lipinski definition) is 3. The molecule has 1 aliphatic rings. The summed E-state index contributed by atoms with van der Waals surface area (Å²) < 4.78 is 0. The van der Waals surface area contributed by atoms with Gasteiger partial charge in [-0.15, -0.1) is 0 Å². The quantitative estimate of drug-likeness (QED) is 0.635. The Morgan fingerprint density at radius 3 is 2.47 bits per heavy atom. The minimum atomic E-state index is -0.292. The molecule has 1 fully saturated rings. The van der Waals surface area contributed by atoms with E-state index in [9.17, 15) is 9.90 Å². The number of nitrogens with one attached hydrogen (secondary N) is 2. The maximum Gasteiger partial charge on any atom is 0.237 e. The molecule has 1 aliphatic carbocycles. The van der Waals surface area contributed by atoms with E-state index in [1.54, 1.807) is 0 Å². The second-order valence-corrected chi connectivity index (χ2v) is 4.66. The van der Waals surface area contributed by atoms with E-state index in [-0.39, 0.29) is 30.1 Å². The van der Waals surface area contributed by atoms with Crippen molar-refractivity contribution in [3.63, 3.8) is 0 Å². The van der Waals surface area contributed by atoms with Gasteiger partial charge >= 0.3 is 0 Å². The number of amides is 1. The monoisotopic (exact) mass is 214 g/mol. The fraction of sp³-hybridized carbons (Fsp3) is 0.909. The van der Waals surface area contributed by atoms with E-state index in [0.717, 1.165) is 19.3 Å². The molecule has 0 aromatic carbocycles. The fourth-order valence-corrected chi connectivity index (χ4v) is 1.94. The van der Waals surface area contributed by atoms with Gasteiger partial charge in [0.1, 0.15) is 0 Å². The summed E-state index contributed by atoms with van der Waals surface area (Å²) in [5.41, 5.74) is 0. The van der Waals surface area contributed by atoms with E-state index in [1.165, 1.54) is 0 Å². The average molecular weight is 214 g/mol. The van der Waals surface area contributed by atoms with Crippen molar-refractivity contribution < 1.29 is 9.90 Å². The normalized spacial score (nSPS) is 28.1. The van der Waals surface area contributed by atoms with E-state index in [1.807, 2.05) is 20.8 Å². The van der Waals surface area contributed by atoms with Crippen molar-refractivity contribution in [2.75, 3.05) is 0 Å². The van der Waals surface area contributed by atoms with Gasteiger partial charge in [-0.3, -0.25) is 4.79 Å². The van der Waals surface area contributed by atoms with Gasteiger partial charge < -0.3 is 15.7 Å². The summed E-state index contributed by atoms with van der Waals surface area (Å²) in [4.78, 5) is 11.6. The number of aliphatic hydroxyl groups is 1. The highest BCUT2D eigenvalue weighted by molar-refractivity contribution is 5.81. The van der Waals surface area contributed by atoms with Crippen molar-refractivity contribution in [1.29, 1.82) is 0 Å². The summed E-state index contributed by atoms with van der Waals surface area (Å²) in [5, 5.41) is 15.6. The Kier molecular flexibility index (Phi) is 4.54. The Hall–Kier alpha value is -0.610. The second kappa shape index (κ2) is 5.47. The Bertz CT molecular complexity index is 219. The highest BCUT2D eigenvalue weighted by Gasteiger charge is 2.27. The number of carbonyl (C=O) groups excluding carboxylic acids is 1. The summed E-state index contributed by atoms with van der Waals surface area (Å²) >= 11 is 0. The van der Waals surface area contributed by atoms with Crippen LogP contribution in [0, 0.1) is 0 Å². The Balaban J connectivity index is 2.34. The number of carbonyl (C=O) groups is 1. The summed E-state index contributed by atoms with van der Waals surface area (Å²) in [6.45, 7) is 5.72. The zero-order valence-corrected chi connectivity index (χ0v) is 9.79. The highest BCUT2D eigenvalue weighted by Crippen LogP contribution is 2.19. The molecular formula is C11H22N2O2. The van der Waals surface area contributed by atoms with Crippen LogP contribution in [0.5, 0.6) is 0 Å². The van der Waals surface area contributed by atoms with Gasteiger partial charge in [-0.05, 0) is 40.0 Å². The zero-order valence-electron chi connectivity index (χ0n) is 9.79. The van der Waals surface area contributed by atoms with E-state index >= 15 is 0 Å². The molecule has 0 aromatic heterocycles. The molecule has 1 saturated carbocycles. The number of rotatable bonds is 4. The van der Waals surface area contributed by atoms with E-state index in [0.29, 0.717) is 0 Å². The number of aliphatic hydroxyl groups excluding tert-OH is 1. The van der Waals surface area contributed by atoms with Gasteiger partial charge in [0.05, 0.1) is 12.1 Å². The molecule has 0 bridgehead atoms. The van der Waals surface area contributed by atoms with Gasteiger partial charge in [-0.2, -0.15) is 0 Å². The van der Waals surface area contributed by atoms with E-state index in [4.69, 9.17) is 0 Å². The van der Waals surface area contributed by atoms with Crippen LogP contribution in [0.4, 0.5) is 0 Å². The van der Waals surface area contributed by atoms with Crippen LogP contribution >= 0.6 is 0 Å². The zero-order chi connectivity index (χ0) is 11.4. The first-order chi connectivity index (χ1) is 7.00. The van der Waals surface area contributed by atoms with Crippen LogP contribution < -0.4 is 10.6 Å². The predicted molar refractivity (Wildman–Crippen MR) is 59.5 cm³/mol. The summed E-state index contributed by atoms with van der Waals surface area (Å²) in [7, 11) is 0. The molecule has 3 atom stereocenters. The van der Waals surface area contributed by atoms with Crippen molar-refractivity contribution in [3.05, 3.63) is 0 Å². The van der Waals surface area contributed by atoms with Crippen LogP contribution in [0.25, 0.3) is 0 Å². The van der Waals surface area contributed by atoms with Gasteiger partial charge in [0, 0.05) is 12.1 Å². The lowest BCUT2D eigenvalue weighted by Crippen LogP contribution is -2.50. The van der Waals surface area contributed by atoms with E-state index in [2.05, 4.69) is 10.6 Å². The largest absolute Gasteiger partial charge is 0.392 e. The molecule has 0 saturated heterocycles. The molecule has 15 heavy (non-hydrogen) atoms. The molecule has 0 aromatic rings. The topological polar surface area (TPSA) is 61.4 Å². The molecule has 0 aliphatic heterocycles. The highest BCUT2D eigenvalue weighted by atomic mass is 16.3. The first-order valence-electron chi connectivity index (χ1n) is 5.75. The molecule has 4 nitrogen and oxygen atoms in total. The third-order valence-electron chi connectivity index (χ3n) is 2.77. The van der Waals surface area contributed by atoms with Crippen molar-refractivity contribution in [1.82, 2.24) is 10.6 Å². The minimum Gasteiger partial charge on any atom is -0.392 e. The van der Waals surface area contributed by atoms with Gasteiger partial charge in [0.25, 0.3) is 0 Å². The molecule has 4 heteroatoms. The Labute approximate surface area is 91.4 Å². The van der Waals surface area contributed by atoms with Crippen LogP contribution in [0.3, 0.4) is 0 Å². The Morgan fingerprint density at radius 1 is 1.33 bits per heavy atom. The third-order valence-corrected chi connectivity index (χ3v) is 2.77. The predicted octanol–water partition coefficient (Wildman–Crippen LogP) is 0.402. The standard InChI is InChI=1S/C11H22N2O2/c1-7(2)12-11(15)8(3)13-9-5-4-6-10(9)14/h7-10,13-14H,4-6H2,1-3H3,(H,12,15)/t8?,9-,10-/m0/s1. The van der Waals surface area contributed by atoms with Crippen molar-refractivity contribution in [3.8, 4) is 0 Å². The SMILES string of the molecule is CC(C)NC(=O)C(C)N[C@H]1CCC[C@@H]1O. The summed E-state index contributed by atoms with van der Waals surface area (Å²) in [6, 6.07) is 0.0123. The lowest BCUT2D eigenvalue weighted by Gasteiger charge is -2.22. The van der Waals surface area contributed by atoms with Crippen LogP contribution in [-0.2, 0) is 4.79 Å². The van der Waals surface area contributed by atoms with Crippen LogP contribution in [0.2, 0.25) is 0 Å². The molecule has 1 rings (SSSR count). The number of hydrogen-bond acceptors (Lipinski definition) is 3. The van der Waals surface area contributed by atoms with Gasteiger partial charge in [0.2, 0.25) is 5.91 Å². The van der Waals surface area contributed by atoms with Gasteiger partial charge in [-0.1, -0.05) is 0 Å². The maximum absolute atomic E-state index is 11.6. The lowest BCUT2D eigenvalue weighted by molar-refractivity contribution is -0.123. The summed E-state index contributed by atoms with van der Waals surface area (Å²) in [5.74, 6) is 0.00380. The Morgan fingerprint density at radius 2 is 2.00 bits per heavy atom. The molecule has 88 valence electrons. The average Bonchev–Trinajstić information content (AvgIpc) is 2.50. The van der Waals surface area contributed by atoms with Gasteiger partial charge in [-0.25, -0.2) is 0 Å². The lowest BCUT2D eigenvalue weighted by atomic mass is 10.1. The second-order valence-electron chi connectivity index (χ2n) is 4.66. The van der Waals surface area contributed by atoms with Crippen LogP contribution in [0.15, 0.2) is 0 Å². The first-order valence-corrected chi connectivity index (χ1v) is 5.75. The third kappa shape index (κ3) is 3.80. The van der Waals surface area contributed by atoms with Crippen LogP contribution in [-0.4, -0.2) is 35.2 Å². The van der Waals surface area contributed by atoms with Crippen molar-refractivity contribution in [2.24, 2.45) is 0 Å². The molecule has 3 N–H and O–H groups in total. The molecular weight excluding hydrogens is 192 g/mol. The molecule has 1 unspecified atom stereocenters. The smallest absolute Gasteiger partial charge is 0.237 e. The van der Waals surface area contributed by atoms with Crippen LogP contribution in [0.1, 0.15) is 40.0 Å². The minimum absolute atomic E-state index is 0.00380. The molecule has 0 spiro atoms. The first kappa shape index (κ1) is 12.5. The molecule has 0 heterocycles.